The monoisotopic (exact) mass is 595 g/mol. The molecule has 3 rings (SSSR count). The van der Waals surface area contributed by atoms with Crippen LogP contribution in [0.5, 0.6) is 11.5 Å². The molecule has 1 atom stereocenters. The quantitative estimate of drug-likeness (QED) is 0.184. The molecule has 1 aromatic carbocycles. The number of carbonyl (C=O) groups excluding carboxylic acids is 2. The van der Waals surface area contributed by atoms with Gasteiger partial charge >= 0.3 is 5.97 Å². The Labute approximate surface area is 241 Å². The van der Waals surface area contributed by atoms with E-state index in [1.165, 1.54) is 0 Å². The second-order valence-corrected chi connectivity index (χ2v) is 11.8. The smallest absolute Gasteiger partial charge is 0.307 e. The Morgan fingerprint density at radius 2 is 1.93 bits per heavy atom. The van der Waals surface area contributed by atoms with Gasteiger partial charge in [-0.05, 0) is 58.2 Å². The van der Waals surface area contributed by atoms with E-state index in [0.29, 0.717) is 41.0 Å². The molecule has 0 aliphatic carbocycles. The van der Waals surface area contributed by atoms with Crippen LogP contribution in [0.15, 0.2) is 18.2 Å². The summed E-state index contributed by atoms with van der Waals surface area (Å²) < 4.78 is 30.9. The summed E-state index contributed by atoms with van der Waals surface area (Å²) in [5, 5.41) is 14.6. The molecule has 0 radical (unpaired) electrons. The van der Waals surface area contributed by atoms with Crippen molar-refractivity contribution in [2.24, 2.45) is 0 Å². The second-order valence-electron chi connectivity index (χ2n) is 10.2. The topological polar surface area (TPSA) is 137 Å². The van der Waals surface area contributed by atoms with Gasteiger partial charge in [0.15, 0.2) is 23.0 Å². The van der Waals surface area contributed by atoms with Crippen LogP contribution in [-0.4, -0.2) is 61.4 Å². The lowest BCUT2D eigenvalue weighted by atomic mass is 9.94. The fourth-order valence-corrected chi connectivity index (χ4v) is 4.72. The summed E-state index contributed by atoms with van der Waals surface area (Å²) in [5.41, 5.74) is 1.62. The van der Waals surface area contributed by atoms with Crippen molar-refractivity contribution in [2.75, 3.05) is 25.5 Å². The summed E-state index contributed by atoms with van der Waals surface area (Å²) in [7, 11) is 0. The zero-order valence-corrected chi connectivity index (χ0v) is 25.2. The fourth-order valence-electron chi connectivity index (χ4n) is 3.76. The number of unbranched alkanes of at least 4 members (excludes halogenated alkanes) is 1. The summed E-state index contributed by atoms with van der Waals surface area (Å²) >= 11 is 4.61. The van der Waals surface area contributed by atoms with Crippen molar-refractivity contribution in [3.8, 4) is 11.5 Å². The Hall–Kier alpha value is -3.12. The summed E-state index contributed by atoms with van der Waals surface area (Å²) in [5.74, 6) is 1.07. The number of halogens is 1. The molecule has 220 valence electrons. The lowest BCUT2D eigenvalue weighted by Crippen LogP contribution is -2.31. The average molecular weight is 596 g/mol. The highest BCUT2D eigenvalue weighted by Gasteiger charge is 2.30. The van der Waals surface area contributed by atoms with Crippen LogP contribution in [0.4, 0.5) is 0 Å². The highest BCUT2D eigenvalue weighted by molar-refractivity contribution is 7.80. The molecule has 11 nitrogen and oxygen atoms in total. The van der Waals surface area contributed by atoms with Crippen LogP contribution in [0.25, 0.3) is 5.65 Å². The zero-order chi connectivity index (χ0) is 29.3. The molecule has 2 aromatic heterocycles. The Morgan fingerprint density at radius 1 is 1.15 bits per heavy atom. The van der Waals surface area contributed by atoms with E-state index in [2.05, 4.69) is 27.5 Å². The van der Waals surface area contributed by atoms with Gasteiger partial charge in [0.25, 0.3) is 0 Å². The Balaban J connectivity index is 1.34. The standard InChI is InChI=1S/C27H38ClN5O6S/c1-6-7-14-37-20-11-10-18(2)16-21(20)39-40(36)15-8-9-22(34)29-13-12-23(35)38-17-27(4,5)26-31-30-25-24(28)19(3)32-33(25)26/h10-11,16,32H,6-9,12-15,17H2,1-5H3,(H,29,34). The number of rotatable bonds is 16. The van der Waals surface area contributed by atoms with E-state index >= 15 is 0 Å². The van der Waals surface area contributed by atoms with Crippen LogP contribution in [0.1, 0.15) is 70.0 Å². The molecule has 0 saturated heterocycles. The first kappa shape index (κ1) is 31.4. The average Bonchev–Trinajstić information content (AvgIpc) is 3.44. The number of aromatic nitrogens is 4. The normalized spacial score (nSPS) is 12.3. The molecule has 0 bridgehead atoms. The number of fused-ring (bicyclic) bond motifs is 1. The predicted molar refractivity (Wildman–Crippen MR) is 153 cm³/mol. The van der Waals surface area contributed by atoms with Crippen LogP contribution in [0, 0.1) is 13.8 Å². The van der Waals surface area contributed by atoms with Crippen molar-refractivity contribution in [1.82, 2.24) is 25.1 Å². The lowest BCUT2D eigenvalue weighted by molar-refractivity contribution is -0.145. The molecule has 2 N–H and O–H groups in total. The van der Waals surface area contributed by atoms with Crippen molar-refractivity contribution in [3.05, 3.63) is 40.3 Å². The van der Waals surface area contributed by atoms with E-state index in [9.17, 15) is 13.8 Å². The molecule has 40 heavy (non-hydrogen) atoms. The van der Waals surface area contributed by atoms with Crippen molar-refractivity contribution in [2.45, 2.75) is 72.1 Å². The Bertz CT molecular complexity index is 1340. The number of amides is 1. The SMILES string of the molecule is CCCCOc1ccc(C)cc1OS(=O)CCCC(=O)NCCC(=O)OCC(C)(C)c1nnc2c(Cl)c(C)[nH]n12. The summed E-state index contributed by atoms with van der Waals surface area (Å²) in [6, 6.07) is 5.51. The number of aromatic amines is 1. The molecule has 3 aromatic rings. The lowest BCUT2D eigenvalue weighted by Gasteiger charge is -2.21. The van der Waals surface area contributed by atoms with Gasteiger partial charge in [-0.2, -0.15) is 0 Å². The first-order valence-corrected chi connectivity index (χ1v) is 15.0. The highest BCUT2D eigenvalue weighted by atomic mass is 35.5. The number of ether oxygens (including phenoxy) is 2. The third-order valence-corrected chi connectivity index (χ3v) is 7.51. The Kier molecular flexibility index (Phi) is 11.4. The minimum atomic E-state index is -1.61. The van der Waals surface area contributed by atoms with E-state index in [4.69, 9.17) is 25.3 Å². The molecule has 0 saturated carbocycles. The van der Waals surface area contributed by atoms with Crippen LogP contribution in [-0.2, 0) is 30.8 Å². The van der Waals surface area contributed by atoms with Crippen molar-refractivity contribution >= 4 is 40.2 Å². The van der Waals surface area contributed by atoms with E-state index in [1.807, 2.05) is 39.8 Å². The van der Waals surface area contributed by atoms with Gasteiger partial charge < -0.3 is 19.0 Å². The highest BCUT2D eigenvalue weighted by Crippen LogP contribution is 2.29. The molecule has 0 spiro atoms. The van der Waals surface area contributed by atoms with Crippen LogP contribution in [0.3, 0.4) is 0 Å². The van der Waals surface area contributed by atoms with Crippen molar-refractivity contribution in [1.29, 1.82) is 0 Å². The summed E-state index contributed by atoms with van der Waals surface area (Å²) in [6.07, 6.45) is 2.47. The van der Waals surface area contributed by atoms with E-state index in [-0.39, 0.29) is 37.7 Å². The number of carbonyl (C=O) groups is 2. The number of nitrogens with zero attached hydrogens (tertiary/aromatic N) is 3. The number of aryl methyl sites for hydroxylation is 2. The van der Waals surface area contributed by atoms with Gasteiger partial charge in [-0.3, -0.25) is 14.7 Å². The Morgan fingerprint density at radius 3 is 2.67 bits per heavy atom. The van der Waals surface area contributed by atoms with E-state index < -0.39 is 22.5 Å². The van der Waals surface area contributed by atoms with Gasteiger partial charge in [0.2, 0.25) is 17.0 Å². The fraction of sp³-hybridized carbons (Fsp3) is 0.556. The molecule has 1 amide bonds. The number of hydrogen-bond donors (Lipinski definition) is 2. The second kappa shape index (κ2) is 14.5. The van der Waals surface area contributed by atoms with Gasteiger partial charge in [0.1, 0.15) is 11.6 Å². The first-order chi connectivity index (χ1) is 19.0. The number of H-pyrrole nitrogens is 1. The van der Waals surface area contributed by atoms with Crippen LogP contribution >= 0.6 is 11.6 Å². The predicted octanol–water partition coefficient (Wildman–Crippen LogP) is 4.36. The van der Waals surface area contributed by atoms with Crippen molar-refractivity contribution < 1.29 is 27.5 Å². The molecule has 0 fully saturated rings. The molecule has 2 heterocycles. The number of hydrogen-bond acceptors (Lipinski definition) is 8. The molecular weight excluding hydrogens is 558 g/mol. The molecule has 1 unspecified atom stereocenters. The van der Waals surface area contributed by atoms with Crippen molar-refractivity contribution in [3.63, 3.8) is 0 Å². The third-order valence-electron chi connectivity index (χ3n) is 6.07. The van der Waals surface area contributed by atoms with Gasteiger partial charge in [-0.1, -0.05) is 31.0 Å². The van der Waals surface area contributed by atoms with Gasteiger partial charge in [-0.15, -0.1) is 10.2 Å². The van der Waals surface area contributed by atoms with Gasteiger partial charge in [-0.25, -0.2) is 8.72 Å². The number of esters is 1. The zero-order valence-electron chi connectivity index (χ0n) is 23.7. The molecular formula is C27H38ClN5O6S. The first-order valence-electron chi connectivity index (χ1n) is 13.3. The largest absolute Gasteiger partial charge is 0.490 e. The van der Waals surface area contributed by atoms with Gasteiger partial charge in [0, 0.05) is 13.0 Å². The maximum absolute atomic E-state index is 12.4. The number of nitrogens with one attached hydrogen (secondary N) is 2. The summed E-state index contributed by atoms with van der Waals surface area (Å²) in [6.45, 7) is 10.4. The maximum Gasteiger partial charge on any atom is 0.307 e. The molecule has 0 aliphatic rings. The third kappa shape index (κ3) is 8.69. The van der Waals surface area contributed by atoms with Crippen LogP contribution in [0.2, 0.25) is 5.02 Å². The van der Waals surface area contributed by atoms with Gasteiger partial charge in [0.05, 0.1) is 29.9 Å². The minimum Gasteiger partial charge on any atom is -0.490 e. The maximum atomic E-state index is 12.4. The molecule has 0 aliphatic heterocycles. The van der Waals surface area contributed by atoms with E-state index in [0.717, 1.165) is 24.1 Å². The number of benzene rings is 1. The van der Waals surface area contributed by atoms with E-state index in [1.54, 1.807) is 10.6 Å². The minimum absolute atomic E-state index is 0.0215. The van der Waals surface area contributed by atoms with Crippen LogP contribution < -0.4 is 14.2 Å². The molecule has 13 heteroatoms. The summed E-state index contributed by atoms with van der Waals surface area (Å²) in [4.78, 5) is 24.4.